The van der Waals surface area contributed by atoms with E-state index in [1.54, 1.807) is 4.68 Å². The number of rotatable bonds is 6. The van der Waals surface area contributed by atoms with Crippen LogP contribution >= 0.6 is 47.8 Å². The number of halogens is 3. The molecule has 1 rings (SSSR count). The number of hydrogen-bond acceptors (Lipinski definition) is 2. The molecule has 1 unspecified atom stereocenters. The zero-order chi connectivity index (χ0) is 14.6. The van der Waals surface area contributed by atoms with Gasteiger partial charge >= 0.3 is 0 Å². The maximum Gasteiger partial charge on any atom is 0.247 e. The molecular formula is C12H18Br3N3O. The number of aromatic nitrogens is 2. The van der Waals surface area contributed by atoms with E-state index in [9.17, 15) is 4.79 Å². The van der Waals surface area contributed by atoms with Crippen molar-refractivity contribution in [1.29, 1.82) is 0 Å². The van der Waals surface area contributed by atoms with Crippen molar-refractivity contribution in [2.45, 2.75) is 39.7 Å². The van der Waals surface area contributed by atoms with Crippen LogP contribution in [0.1, 0.15) is 39.7 Å². The highest BCUT2D eigenvalue weighted by molar-refractivity contribution is 9.14. The van der Waals surface area contributed by atoms with Crippen LogP contribution in [0.5, 0.6) is 0 Å². The van der Waals surface area contributed by atoms with E-state index in [1.807, 2.05) is 11.8 Å². The van der Waals surface area contributed by atoms with Gasteiger partial charge in [-0.1, -0.05) is 13.8 Å². The van der Waals surface area contributed by atoms with Crippen LogP contribution in [0, 0.1) is 0 Å². The summed E-state index contributed by atoms with van der Waals surface area (Å²) in [5.41, 5.74) is 0. The standard InChI is InChI=1S/C12H18Br3N3O/c1-4-6-17(7-5-2)12(19)8(3)18-11(15)9(13)10(14)16-18/h8H,4-7H2,1-3H3. The van der Waals surface area contributed by atoms with E-state index in [1.165, 1.54) is 0 Å². The lowest BCUT2D eigenvalue weighted by Crippen LogP contribution is -2.37. The highest BCUT2D eigenvalue weighted by atomic mass is 79.9. The molecule has 0 saturated heterocycles. The van der Waals surface area contributed by atoms with Gasteiger partial charge in [0, 0.05) is 13.1 Å². The summed E-state index contributed by atoms with van der Waals surface area (Å²) in [6, 6.07) is -0.324. The Morgan fingerprint density at radius 3 is 2.16 bits per heavy atom. The van der Waals surface area contributed by atoms with Crippen LogP contribution in [0.3, 0.4) is 0 Å². The average Bonchev–Trinajstić information content (AvgIpc) is 2.64. The molecule has 0 N–H and O–H groups in total. The zero-order valence-corrected chi connectivity index (χ0v) is 16.0. The van der Waals surface area contributed by atoms with Crippen LogP contribution in [0.15, 0.2) is 13.7 Å². The minimum atomic E-state index is -0.324. The predicted octanol–water partition coefficient (Wildman–Crippen LogP) is 4.38. The van der Waals surface area contributed by atoms with Crippen LogP contribution in [-0.4, -0.2) is 33.7 Å². The van der Waals surface area contributed by atoms with E-state index < -0.39 is 0 Å². The summed E-state index contributed by atoms with van der Waals surface area (Å²) in [5.74, 6) is 0.104. The molecule has 1 aromatic heterocycles. The summed E-state index contributed by atoms with van der Waals surface area (Å²) in [4.78, 5) is 14.4. The van der Waals surface area contributed by atoms with E-state index in [4.69, 9.17) is 0 Å². The first-order valence-electron chi connectivity index (χ1n) is 6.31. The second-order valence-electron chi connectivity index (χ2n) is 4.34. The second-order valence-corrected chi connectivity index (χ2v) is 6.64. The number of amides is 1. The fourth-order valence-electron chi connectivity index (χ4n) is 1.87. The van der Waals surface area contributed by atoms with Gasteiger partial charge in [-0.25, -0.2) is 4.68 Å². The Hall–Kier alpha value is 0.120. The summed E-state index contributed by atoms with van der Waals surface area (Å²) in [6.45, 7) is 7.61. The Morgan fingerprint density at radius 2 is 1.79 bits per heavy atom. The topological polar surface area (TPSA) is 38.1 Å². The van der Waals surface area contributed by atoms with Gasteiger partial charge in [-0.05, 0) is 67.6 Å². The lowest BCUT2D eigenvalue weighted by molar-refractivity contribution is -0.134. The molecule has 4 nitrogen and oxygen atoms in total. The van der Waals surface area contributed by atoms with Crippen LogP contribution in [-0.2, 0) is 4.79 Å². The van der Waals surface area contributed by atoms with Gasteiger partial charge in [0.15, 0.2) is 0 Å². The van der Waals surface area contributed by atoms with Gasteiger partial charge in [0.2, 0.25) is 5.91 Å². The maximum absolute atomic E-state index is 12.5. The number of nitrogens with zero attached hydrogens (tertiary/aromatic N) is 3. The molecule has 0 radical (unpaired) electrons. The van der Waals surface area contributed by atoms with Crippen molar-refractivity contribution < 1.29 is 4.79 Å². The van der Waals surface area contributed by atoms with Crippen LogP contribution < -0.4 is 0 Å². The normalized spacial score (nSPS) is 12.5. The van der Waals surface area contributed by atoms with Gasteiger partial charge in [0.05, 0.1) is 4.47 Å². The highest BCUT2D eigenvalue weighted by Crippen LogP contribution is 2.32. The first-order chi connectivity index (χ1) is 8.93. The molecule has 0 fully saturated rings. The molecule has 19 heavy (non-hydrogen) atoms. The van der Waals surface area contributed by atoms with Crippen molar-refractivity contribution in [2.24, 2.45) is 0 Å². The Balaban J connectivity index is 2.93. The van der Waals surface area contributed by atoms with Crippen LogP contribution in [0.4, 0.5) is 0 Å². The molecule has 7 heteroatoms. The van der Waals surface area contributed by atoms with Crippen molar-refractivity contribution in [3.8, 4) is 0 Å². The molecule has 0 bridgehead atoms. The summed E-state index contributed by atoms with van der Waals surface area (Å²) < 4.78 is 3.98. The molecule has 0 spiro atoms. The lowest BCUT2D eigenvalue weighted by atomic mass is 10.2. The lowest BCUT2D eigenvalue weighted by Gasteiger charge is -2.25. The third kappa shape index (κ3) is 4.04. The Bertz CT molecular complexity index is 442. The van der Waals surface area contributed by atoms with Gasteiger partial charge in [-0.15, -0.1) is 0 Å². The van der Waals surface area contributed by atoms with Crippen molar-refractivity contribution >= 4 is 53.7 Å². The van der Waals surface area contributed by atoms with E-state index >= 15 is 0 Å². The summed E-state index contributed by atoms with van der Waals surface area (Å²) >= 11 is 10.2. The first-order valence-corrected chi connectivity index (χ1v) is 8.69. The minimum Gasteiger partial charge on any atom is -0.341 e. The predicted molar refractivity (Wildman–Crippen MR) is 87.2 cm³/mol. The molecule has 0 aliphatic rings. The van der Waals surface area contributed by atoms with Gasteiger partial charge in [0.25, 0.3) is 0 Å². The average molecular weight is 460 g/mol. The number of hydrogen-bond donors (Lipinski definition) is 0. The Kier molecular flexibility index (Phi) is 7.04. The van der Waals surface area contributed by atoms with E-state index in [2.05, 4.69) is 66.7 Å². The molecule has 1 aromatic rings. The summed E-state index contributed by atoms with van der Waals surface area (Å²) in [7, 11) is 0. The van der Waals surface area contributed by atoms with E-state index in [0.29, 0.717) is 4.60 Å². The fraction of sp³-hybridized carbons (Fsp3) is 0.667. The quantitative estimate of drug-likeness (QED) is 0.633. The third-order valence-corrected chi connectivity index (χ3v) is 5.91. The van der Waals surface area contributed by atoms with Crippen LogP contribution in [0.2, 0.25) is 0 Å². The van der Waals surface area contributed by atoms with Gasteiger partial charge in [0.1, 0.15) is 15.2 Å². The smallest absolute Gasteiger partial charge is 0.247 e. The van der Waals surface area contributed by atoms with Gasteiger partial charge in [-0.2, -0.15) is 5.10 Å². The SMILES string of the molecule is CCCN(CCC)C(=O)C(C)n1nc(Br)c(Br)c1Br. The van der Waals surface area contributed by atoms with Crippen molar-refractivity contribution in [1.82, 2.24) is 14.7 Å². The Morgan fingerprint density at radius 1 is 1.26 bits per heavy atom. The zero-order valence-electron chi connectivity index (χ0n) is 11.3. The molecule has 0 aliphatic heterocycles. The van der Waals surface area contributed by atoms with Gasteiger partial charge < -0.3 is 4.90 Å². The molecule has 1 amide bonds. The molecule has 0 saturated carbocycles. The van der Waals surface area contributed by atoms with Gasteiger partial charge in [-0.3, -0.25) is 4.79 Å². The molecule has 1 atom stereocenters. The largest absolute Gasteiger partial charge is 0.341 e. The Labute approximate surface area is 139 Å². The van der Waals surface area contributed by atoms with Crippen molar-refractivity contribution in [2.75, 3.05) is 13.1 Å². The number of carbonyl (C=O) groups excluding carboxylic acids is 1. The van der Waals surface area contributed by atoms with Crippen molar-refractivity contribution in [3.63, 3.8) is 0 Å². The first kappa shape index (κ1) is 17.2. The maximum atomic E-state index is 12.5. The molecule has 0 aromatic carbocycles. The van der Waals surface area contributed by atoms with Crippen molar-refractivity contribution in [3.05, 3.63) is 13.7 Å². The molecule has 108 valence electrons. The second kappa shape index (κ2) is 7.78. The third-order valence-electron chi connectivity index (χ3n) is 2.78. The monoisotopic (exact) mass is 457 g/mol. The van der Waals surface area contributed by atoms with E-state index in [0.717, 1.165) is 35.0 Å². The van der Waals surface area contributed by atoms with Crippen LogP contribution in [0.25, 0.3) is 0 Å². The molecule has 1 heterocycles. The molecular weight excluding hydrogens is 442 g/mol. The molecule has 0 aliphatic carbocycles. The summed E-state index contributed by atoms with van der Waals surface area (Å²) in [5, 5.41) is 4.33. The minimum absolute atomic E-state index is 0.104. The number of carbonyl (C=O) groups is 1. The fourth-order valence-corrected chi connectivity index (χ4v) is 3.33. The highest BCUT2D eigenvalue weighted by Gasteiger charge is 2.25. The summed E-state index contributed by atoms with van der Waals surface area (Å²) in [6.07, 6.45) is 1.93. The van der Waals surface area contributed by atoms with E-state index in [-0.39, 0.29) is 11.9 Å².